The van der Waals surface area contributed by atoms with Crippen molar-refractivity contribution in [3.63, 3.8) is 0 Å². The molecule has 3 aromatic rings. The van der Waals surface area contributed by atoms with Crippen LogP contribution in [0.5, 0.6) is 0 Å². The summed E-state index contributed by atoms with van der Waals surface area (Å²) in [5.41, 5.74) is 3.30. The van der Waals surface area contributed by atoms with Gasteiger partial charge >= 0.3 is 5.97 Å². The Balaban J connectivity index is 2.14. The fraction of sp³-hybridized carbons (Fsp3) is 0.0625. The summed E-state index contributed by atoms with van der Waals surface area (Å²) in [6.45, 7) is 1.98. The maximum absolute atomic E-state index is 11.4. The highest BCUT2D eigenvalue weighted by atomic mass is 16.4. The average Bonchev–Trinajstić information content (AvgIpc) is 2.94. The summed E-state index contributed by atoms with van der Waals surface area (Å²) < 4.78 is 1.56. The number of carboxylic acid groups (broad SMARTS) is 1. The molecule has 0 unspecified atom stereocenters. The largest absolute Gasteiger partial charge is 0.478 e. The lowest BCUT2D eigenvalue weighted by molar-refractivity contribution is 0.0697. The Labute approximate surface area is 121 Å². The zero-order valence-corrected chi connectivity index (χ0v) is 11.4. The molecule has 0 amide bonds. The van der Waals surface area contributed by atoms with Crippen LogP contribution < -0.4 is 0 Å². The molecule has 0 aliphatic heterocycles. The number of nitrogens with zero attached hydrogens (tertiary/aromatic N) is 3. The van der Waals surface area contributed by atoms with Gasteiger partial charge in [-0.1, -0.05) is 29.8 Å². The van der Waals surface area contributed by atoms with Gasteiger partial charge in [-0.25, -0.2) is 9.48 Å². The summed E-state index contributed by atoms with van der Waals surface area (Å²) in [4.78, 5) is 15.4. The number of carbonyl (C=O) groups is 1. The predicted octanol–water partition coefficient (Wildman–Crippen LogP) is 2.94. The van der Waals surface area contributed by atoms with Gasteiger partial charge in [0.1, 0.15) is 11.3 Å². The second-order valence-electron chi connectivity index (χ2n) is 4.71. The number of hydrogen-bond acceptors (Lipinski definition) is 3. The first-order chi connectivity index (χ1) is 10.1. The van der Waals surface area contributed by atoms with Crippen LogP contribution >= 0.6 is 0 Å². The van der Waals surface area contributed by atoms with Crippen LogP contribution in [0.15, 0.2) is 55.0 Å². The molecule has 0 atom stereocenters. The van der Waals surface area contributed by atoms with E-state index in [1.54, 1.807) is 29.2 Å². The molecule has 104 valence electrons. The molecule has 0 radical (unpaired) electrons. The zero-order valence-electron chi connectivity index (χ0n) is 11.4. The number of hydrogen-bond donors (Lipinski definition) is 1. The van der Waals surface area contributed by atoms with Crippen molar-refractivity contribution in [3.05, 3.63) is 66.1 Å². The standard InChI is InChI=1S/C16H13N3O2/c1-11-2-4-12(5-3-11)15-14(16(20)21)10-19(18-15)13-6-8-17-9-7-13/h2-10H,1H3,(H,20,21). The minimum absolute atomic E-state index is 0.177. The van der Waals surface area contributed by atoms with E-state index in [0.29, 0.717) is 5.69 Å². The summed E-state index contributed by atoms with van der Waals surface area (Å²) in [5, 5.41) is 13.8. The minimum Gasteiger partial charge on any atom is -0.478 e. The Hall–Kier alpha value is -2.95. The smallest absolute Gasteiger partial charge is 0.339 e. The molecule has 0 aliphatic rings. The van der Waals surface area contributed by atoms with Crippen LogP contribution in [0.1, 0.15) is 15.9 Å². The molecule has 0 bridgehead atoms. The van der Waals surface area contributed by atoms with E-state index in [2.05, 4.69) is 10.1 Å². The number of aromatic nitrogens is 3. The lowest BCUT2D eigenvalue weighted by Gasteiger charge is -2.00. The highest BCUT2D eigenvalue weighted by Gasteiger charge is 2.17. The van der Waals surface area contributed by atoms with Gasteiger partial charge in [0.2, 0.25) is 0 Å². The summed E-state index contributed by atoms with van der Waals surface area (Å²) in [6.07, 6.45) is 4.80. The summed E-state index contributed by atoms with van der Waals surface area (Å²) in [7, 11) is 0. The van der Waals surface area contributed by atoms with E-state index in [9.17, 15) is 9.90 Å². The number of rotatable bonds is 3. The molecule has 1 N–H and O–H groups in total. The second-order valence-corrected chi connectivity index (χ2v) is 4.71. The van der Waals surface area contributed by atoms with E-state index < -0.39 is 5.97 Å². The fourth-order valence-electron chi connectivity index (χ4n) is 2.08. The Kier molecular flexibility index (Phi) is 3.23. The number of carboxylic acids is 1. The zero-order chi connectivity index (χ0) is 14.8. The van der Waals surface area contributed by atoms with E-state index in [1.165, 1.54) is 6.20 Å². The molecular weight excluding hydrogens is 266 g/mol. The van der Waals surface area contributed by atoms with Crippen molar-refractivity contribution >= 4 is 5.97 Å². The normalized spacial score (nSPS) is 10.5. The predicted molar refractivity (Wildman–Crippen MR) is 78.5 cm³/mol. The van der Waals surface area contributed by atoms with Crippen molar-refractivity contribution in [1.82, 2.24) is 14.8 Å². The number of aromatic carboxylic acids is 1. The van der Waals surface area contributed by atoms with Gasteiger partial charge in [-0.15, -0.1) is 0 Å². The molecule has 0 saturated heterocycles. The monoisotopic (exact) mass is 279 g/mol. The molecule has 0 spiro atoms. The Bertz CT molecular complexity index is 777. The first-order valence-electron chi connectivity index (χ1n) is 6.45. The lowest BCUT2D eigenvalue weighted by Crippen LogP contribution is -1.96. The van der Waals surface area contributed by atoms with Crippen molar-refractivity contribution < 1.29 is 9.90 Å². The van der Waals surface area contributed by atoms with Crippen LogP contribution in [0.4, 0.5) is 0 Å². The van der Waals surface area contributed by atoms with Gasteiger partial charge in [0.05, 0.1) is 5.69 Å². The Morgan fingerprint density at radius 2 is 1.76 bits per heavy atom. The molecule has 2 aromatic heterocycles. The van der Waals surface area contributed by atoms with Crippen LogP contribution in [0.25, 0.3) is 16.9 Å². The van der Waals surface area contributed by atoms with E-state index in [0.717, 1.165) is 16.8 Å². The molecule has 2 heterocycles. The Morgan fingerprint density at radius 3 is 2.38 bits per heavy atom. The van der Waals surface area contributed by atoms with Crippen LogP contribution in [0.2, 0.25) is 0 Å². The topological polar surface area (TPSA) is 68.0 Å². The first kappa shape index (κ1) is 13.1. The van der Waals surface area contributed by atoms with Crippen LogP contribution in [0, 0.1) is 6.92 Å². The maximum atomic E-state index is 11.4. The van der Waals surface area contributed by atoms with Crippen LogP contribution in [-0.4, -0.2) is 25.8 Å². The quantitative estimate of drug-likeness (QED) is 0.800. The third kappa shape index (κ3) is 2.53. The van der Waals surface area contributed by atoms with Crippen molar-refractivity contribution in [2.75, 3.05) is 0 Å². The third-order valence-electron chi connectivity index (χ3n) is 3.20. The molecule has 3 rings (SSSR count). The molecule has 0 fully saturated rings. The fourth-order valence-corrected chi connectivity index (χ4v) is 2.08. The van der Waals surface area contributed by atoms with Gasteiger partial charge in [0.25, 0.3) is 0 Å². The van der Waals surface area contributed by atoms with Gasteiger partial charge in [-0.2, -0.15) is 5.10 Å². The summed E-state index contributed by atoms with van der Waals surface area (Å²) in [6, 6.07) is 11.2. The first-order valence-corrected chi connectivity index (χ1v) is 6.45. The maximum Gasteiger partial charge on any atom is 0.339 e. The SMILES string of the molecule is Cc1ccc(-c2nn(-c3ccncc3)cc2C(=O)O)cc1. The summed E-state index contributed by atoms with van der Waals surface area (Å²) in [5.74, 6) is -0.995. The summed E-state index contributed by atoms with van der Waals surface area (Å²) >= 11 is 0. The van der Waals surface area contributed by atoms with E-state index in [1.807, 2.05) is 31.2 Å². The molecule has 1 aromatic carbocycles. The third-order valence-corrected chi connectivity index (χ3v) is 3.20. The average molecular weight is 279 g/mol. The van der Waals surface area contributed by atoms with Gasteiger partial charge in [-0.3, -0.25) is 4.98 Å². The second kappa shape index (κ2) is 5.20. The molecule has 5 nitrogen and oxygen atoms in total. The van der Waals surface area contributed by atoms with Gasteiger partial charge in [-0.05, 0) is 19.1 Å². The van der Waals surface area contributed by atoms with Crippen molar-refractivity contribution in [2.45, 2.75) is 6.92 Å². The van der Waals surface area contributed by atoms with Gasteiger partial charge in [0.15, 0.2) is 0 Å². The lowest BCUT2D eigenvalue weighted by atomic mass is 10.1. The molecule has 21 heavy (non-hydrogen) atoms. The molecule has 5 heteroatoms. The molecular formula is C16H13N3O2. The number of pyridine rings is 1. The molecule has 0 aliphatic carbocycles. The van der Waals surface area contributed by atoms with Gasteiger partial charge < -0.3 is 5.11 Å². The van der Waals surface area contributed by atoms with E-state index >= 15 is 0 Å². The highest BCUT2D eigenvalue weighted by molar-refractivity contribution is 5.94. The van der Waals surface area contributed by atoms with Crippen molar-refractivity contribution in [3.8, 4) is 16.9 Å². The van der Waals surface area contributed by atoms with E-state index in [-0.39, 0.29) is 5.56 Å². The van der Waals surface area contributed by atoms with Gasteiger partial charge in [0, 0.05) is 24.2 Å². The van der Waals surface area contributed by atoms with Crippen molar-refractivity contribution in [1.29, 1.82) is 0 Å². The minimum atomic E-state index is -0.995. The van der Waals surface area contributed by atoms with E-state index in [4.69, 9.17) is 0 Å². The van der Waals surface area contributed by atoms with Crippen LogP contribution in [-0.2, 0) is 0 Å². The van der Waals surface area contributed by atoms with Crippen LogP contribution in [0.3, 0.4) is 0 Å². The molecule has 0 saturated carbocycles. The highest BCUT2D eigenvalue weighted by Crippen LogP contribution is 2.24. The number of benzene rings is 1. The Morgan fingerprint density at radius 1 is 1.10 bits per heavy atom. The van der Waals surface area contributed by atoms with Crippen molar-refractivity contribution in [2.24, 2.45) is 0 Å². The number of aryl methyl sites for hydroxylation is 1.